The summed E-state index contributed by atoms with van der Waals surface area (Å²) in [5.74, 6) is 3.15. The van der Waals surface area contributed by atoms with Crippen molar-refractivity contribution < 1.29 is 18.3 Å². The molecule has 0 bridgehead atoms. The van der Waals surface area contributed by atoms with Crippen LogP contribution in [-0.2, 0) is 4.74 Å². The molecule has 0 saturated carbocycles. The average molecular weight is 282 g/mol. The highest BCUT2D eigenvalue weighted by molar-refractivity contribution is 5.67. The van der Waals surface area contributed by atoms with Crippen LogP contribution in [0.15, 0.2) is 12.3 Å². The highest BCUT2D eigenvalue weighted by Crippen LogP contribution is 2.06. The number of carbonyl (C=O) groups excluding carboxylic acids is 1. The third-order valence-electron chi connectivity index (χ3n) is 1.95. The molecule has 0 aliphatic carbocycles. The standard InChI is InChI=1S/C14H16F2N2O2/c1-14(2,3)20-13(19)17-7-5-4-6-10-8-11(15)12(16)18-9-10/h8-9H,5,7H2,1-3H3,(H,17,19). The molecule has 1 heterocycles. The Balaban J connectivity index is 2.36. The van der Waals surface area contributed by atoms with E-state index in [9.17, 15) is 13.6 Å². The van der Waals surface area contributed by atoms with E-state index in [0.29, 0.717) is 13.0 Å². The molecule has 0 spiro atoms. The number of alkyl carbamates (subject to hydrolysis) is 1. The molecule has 0 aliphatic heterocycles. The Morgan fingerprint density at radius 2 is 2.15 bits per heavy atom. The van der Waals surface area contributed by atoms with Gasteiger partial charge in [0, 0.05) is 24.7 Å². The second-order valence-corrected chi connectivity index (χ2v) is 4.98. The molecule has 6 heteroatoms. The van der Waals surface area contributed by atoms with Crippen LogP contribution in [0.1, 0.15) is 32.8 Å². The van der Waals surface area contributed by atoms with E-state index in [2.05, 4.69) is 22.1 Å². The van der Waals surface area contributed by atoms with Gasteiger partial charge in [0.25, 0.3) is 0 Å². The first-order valence-electron chi connectivity index (χ1n) is 6.05. The van der Waals surface area contributed by atoms with Gasteiger partial charge in [0.15, 0.2) is 5.82 Å². The lowest BCUT2D eigenvalue weighted by Gasteiger charge is -2.19. The molecule has 0 unspecified atom stereocenters. The van der Waals surface area contributed by atoms with Gasteiger partial charge < -0.3 is 10.1 Å². The fourth-order valence-corrected chi connectivity index (χ4v) is 1.20. The van der Waals surface area contributed by atoms with Crippen LogP contribution >= 0.6 is 0 Å². The molecule has 0 aliphatic rings. The molecule has 0 saturated heterocycles. The second-order valence-electron chi connectivity index (χ2n) is 4.98. The van der Waals surface area contributed by atoms with Gasteiger partial charge in [0.2, 0.25) is 5.95 Å². The summed E-state index contributed by atoms with van der Waals surface area (Å²) in [4.78, 5) is 14.5. The molecule has 1 N–H and O–H groups in total. The number of rotatable bonds is 2. The Bertz CT molecular complexity index is 542. The van der Waals surface area contributed by atoms with Crippen molar-refractivity contribution in [1.82, 2.24) is 10.3 Å². The van der Waals surface area contributed by atoms with Crippen molar-refractivity contribution in [3.8, 4) is 11.8 Å². The number of pyridine rings is 1. The summed E-state index contributed by atoms with van der Waals surface area (Å²) in [6.07, 6.45) is 0.985. The zero-order valence-electron chi connectivity index (χ0n) is 11.6. The van der Waals surface area contributed by atoms with Gasteiger partial charge in [0.05, 0.1) is 0 Å². The van der Waals surface area contributed by atoms with Gasteiger partial charge in [-0.25, -0.2) is 14.2 Å². The largest absolute Gasteiger partial charge is 0.444 e. The normalized spacial score (nSPS) is 10.4. The molecule has 4 nitrogen and oxygen atoms in total. The van der Waals surface area contributed by atoms with Crippen molar-refractivity contribution in [3.63, 3.8) is 0 Å². The minimum Gasteiger partial charge on any atom is -0.444 e. The van der Waals surface area contributed by atoms with E-state index in [0.717, 1.165) is 12.3 Å². The second kappa shape index (κ2) is 6.85. The molecular formula is C14H16F2N2O2. The maximum Gasteiger partial charge on any atom is 0.407 e. The van der Waals surface area contributed by atoms with Gasteiger partial charge in [-0.2, -0.15) is 4.39 Å². The van der Waals surface area contributed by atoms with Gasteiger partial charge in [-0.05, 0) is 26.8 Å². The number of hydrogen-bond acceptors (Lipinski definition) is 3. The Kier molecular flexibility index (Phi) is 5.44. The number of halogens is 2. The van der Waals surface area contributed by atoms with E-state index >= 15 is 0 Å². The predicted octanol–water partition coefficient (Wildman–Crippen LogP) is 2.63. The monoisotopic (exact) mass is 282 g/mol. The van der Waals surface area contributed by atoms with Crippen molar-refractivity contribution >= 4 is 6.09 Å². The SMILES string of the molecule is CC(C)(C)OC(=O)NCCC#Cc1cnc(F)c(F)c1. The van der Waals surface area contributed by atoms with Crippen LogP contribution in [0, 0.1) is 23.6 Å². The lowest BCUT2D eigenvalue weighted by Crippen LogP contribution is -2.32. The topological polar surface area (TPSA) is 51.2 Å². The Morgan fingerprint density at radius 3 is 2.75 bits per heavy atom. The van der Waals surface area contributed by atoms with Crippen LogP contribution < -0.4 is 5.32 Å². The van der Waals surface area contributed by atoms with Crippen molar-refractivity contribution in [3.05, 3.63) is 29.6 Å². The Labute approximate surface area is 116 Å². The minimum atomic E-state index is -1.15. The highest BCUT2D eigenvalue weighted by atomic mass is 19.2. The van der Waals surface area contributed by atoms with Gasteiger partial charge in [-0.3, -0.25) is 0 Å². The van der Waals surface area contributed by atoms with Crippen LogP contribution in [0.25, 0.3) is 0 Å². The first kappa shape index (κ1) is 15.9. The molecule has 1 aromatic rings. The Hall–Kier alpha value is -2.16. The number of hydrogen-bond donors (Lipinski definition) is 1. The van der Waals surface area contributed by atoms with E-state index in [1.54, 1.807) is 20.8 Å². The lowest BCUT2D eigenvalue weighted by atomic mass is 10.2. The fourth-order valence-electron chi connectivity index (χ4n) is 1.20. The summed E-state index contributed by atoms with van der Waals surface area (Å²) < 4.78 is 30.4. The molecule has 1 rings (SSSR count). The number of aromatic nitrogens is 1. The zero-order chi connectivity index (χ0) is 15.2. The van der Waals surface area contributed by atoms with Gasteiger partial charge in [0.1, 0.15) is 5.60 Å². The van der Waals surface area contributed by atoms with E-state index in [-0.39, 0.29) is 5.56 Å². The van der Waals surface area contributed by atoms with Crippen LogP contribution in [0.5, 0.6) is 0 Å². The first-order chi connectivity index (χ1) is 9.28. The van der Waals surface area contributed by atoms with Crippen LogP contribution in [0.2, 0.25) is 0 Å². The summed E-state index contributed by atoms with van der Waals surface area (Å²) in [7, 11) is 0. The molecule has 108 valence electrons. The number of carbonyl (C=O) groups is 1. The van der Waals surface area contributed by atoms with Crippen LogP contribution in [-0.4, -0.2) is 23.2 Å². The quantitative estimate of drug-likeness (QED) is 0.515. The smallest absolute Gasteiger partial charge is 0.407 e. The van der Waals surface area contributed by atoms with E-state index < -0.39 is 23.5 Å². The van der Waals surface area contributed by atoms with Crippen LogP contribution in [0.4, 0.5) is 13.6 Å². The Morgan fingerprint density at radius 1 is 1.45 bits per heavy atom. The maximum absolute atomic E-state index is 12.8. The van der Waals surface area contributed by atoms with Gasteiger partial charge >= 0.3 is 6.09 Å². The van der Waals surface area contributed by atoms with Crippen LogP contribution in [0.3, 0.4) is 0 Å². The van der Waals surface area contributed by atoms with Crippen molar-refractivity contribution in [1.29, 1.82) is 0 Å². The summed E-state index contributed by atoms with van der Waals surface area (Å²) in [5, 5.41) is 2.53. The minimum absolute atomic E-state index is 0.279. The first-order valence-corrected chi connectivity index (χ1v) is 6.05. The average Bonchev–Trinajstić information content (AvgIpc) is 2.31. The predicted molar refractivity (Wildman–Crippen MR) is 69.9 cm³/mol. The van der Waals surface area contributed by atoms with Gasteiger partial charge in [-0.15, -0.1) is 0 Å². The van der Waals surface area contributed by atoms with E-state index in [1.807, 2.05) is 0 Å². The third-order valence-corrected chi connectivity index (χ3v) is 1.95. The zero-order valence-corrected chi connectivity index (χ0v) is 11.6. The fraction of sp³-hybridized carbons (Fsp3) is 0.429. The van der Waals surface area contributed by atoms with Crippen molar-refractivity contribution in [2.24, 2.45) is 0 Å². The molecule has 0 fully saturated rings. The summed E-state index contributed by atoms with van der Waals surface area (Å²) in [6, 6.07) is 0.969. The number of ether oxygens (including phenoxy) is 1. The number of amides is 1. The molecule has 0 atom stereocenters. The molecule has 0 radical (unpaired) electrons. The van der Waals surface area contributed by atoms with E-state index in [4.69, 9.17) is 4.74 Å². The molecule has 20 heavy (non-hydrogen) atoms. The molecular weight excluding hydrogens is 266 g/mol. The summed E-state index contributed by atoms with van der Waals surface area (Å²) >= 11 is 0. The third kappa shape index (κ3) is 6.14. The number of nitrogens with zero attached hydrogens (tertiary/aromatic N) is 1. The van der Waals surface area contributed by atoms with Crippen molar-refractivity contribution in [2.75, 3.05) is 6.54 Å². The van der Waals surface area contributed by atoms with Crippen molar-refractivity contribution in [2.45, 2.75) is 32.8 Å². The molecule has 1 aromatic heterocycles. The summed E-state index contributed by atoms with van der Waals surface area (Å²) in [6.45, 7) is 5.60. The maximum atomic E-state index is 12.8. The van der Waals surface area contributed by atoms with Gasteiger partial charge in [-0.1, -0.05) is 11.8 Å². The lowest BCUT2D eigenvalue weighted by molar-refractivity contribution is 0.0529. The summed E-state index contributed by atoms with van der Waals surface area (Å²) in [5.41, 5.74) is -0.270. The molecule has 0 aromatic carbocycles. The van der Waals surface area contributed by atoms with E-state index in [1.165, 1.54) is 0 Å². The highest BCUT2D eigenvalue weighted by Gasteiger charge is 2.15. The molecule has 1 amide bonds. The number of nitrogens with one attached hydrogen (secondary N) is 1.